The molecule has 0 aromatic carbocycles. The second-order valence-corrected chi connectivity index (χ2v) is 4.11. The molecule has 2 bridgehead atoms. The summed E-state index contributed by atoms with van der Waals surface area (Å²) >= 11 is 0. The lowest BCUT2D eigenvalue weighted by Crippen LogP contribution is -2.35. The number of ether oxygens (including phenoxy) is 1. The van der Waals surface area contributed by atoms with E-state index in [0.717, 1.165) is 19.3 Å². The Bertz CT molecular complexity index is 247. The summed E-state index contributed by atoms with van der Waals surface area (Å²) in [5.74, 6) is 0.168. The van der Waals surface area contributed by atoms with Gasteiger partial charge in [-0.25, -0.2) is 0 Å². The van der Waals surface area contributed by atoms with Crippen molar-refractivity contribution in [2.45, 2.75) is 25.7 Å². The molecule has 0 aromatic heterocycles. The predicted molar refractivity (Wildman–Crippen MR) is 46.0 cm³/mol. The van der Waals surface area contributed by atoms with Crippen LogP contribution in [0.5, 0.6) is 0 Å². The molecule has 0 saturated heterocycles. The molecule has 0 amide bonds. The Morgan fingerprint density at radius 3 is 2.92 bits per heavy atom. The number of ketones is 1. The van der Waals surface area contributed by atoms with Gasteiger partial charge < -0.3 is 4.74 Å². The number of fused-ring (bicyclic) bond motifs is 2. The lowest BCUT2D eigenvalue weighted by atomic mass is 9.79. The molecular formula is C10H14O3. The molecule has 0 unspecified atom stereocenters. The van der Waals surface area contributed by atoms with Crippen molar-refractivity contribution in [2.24, 2.45) is 17.8 Å². The number of esters is 1. The fourth-order valence-corrected chi connectivity index (χ4v) is 2.73. The van der Waals surface area contributed by atoms with Crippen LogP contribution in [0.3, 0.4) is 0 Å². The molecule has 0 aromatic rings. The van der Waals surface area contributed by atoms with Gasteiger partial charge >= 0.3 is 5.97 Å². The molecular weight excluding hydrogens is 168 g/mol. The molecule has 2 fully saturated rings. The van der Waals surface area contributed by atoms with E-state index in [0.29, 0.717) is 12.3 Å². The van der Waals surface area contributed by atoms with Crippen molar-refractivity contribution in [1.29, 1.82) is 0 Å². The normalized spacial score (nSPS) is 37.6. The molecule has 0 N–H and O–H groups in total. The van der Waals surface area contributed by atoms with Gasteiger partial charge in [-0.3, -0.25) is 9.59 Å². The van der Waals surface area contributed by atoms with Crippen molar-refractivity contribution >= 4 is 11.8 Å². The smallest absolute Gasteiger partial charge is 0.316 e. The minimum atomic E-state index is -0.441. The third-order valence-electron chi connectivity index (χ3n) is 3.35. The van der Waals surface area contributed by atoms with Crippen molar-refractivity contribution in [1.82, 2.24) is 0 Å². The molecule has 3 nitrogen and oxygen atoms in total. The quantitative estimate of drug-likeness (QED) is 0.451. The Kier molecular flexibility index (Phi) is 2.10. The first kappa shape index (κ1) is 8.73. The number of rotatable bonds is 1. The lowest BCUT2D eigenvalue weighted by Gasteiger charge is -2.24. The minimum absolute atomic E-state index is 0.102. The highest BCUT2D eigenvalue weighted by atomic mass is 16.5. The topological polar surface area (TPSA) is 43.4 Å². The first-order chi connectivity index (χ1) is 6.22. The maximum atomic E-state index is 11.6. The zero-order chi connectivity index (χ0) is 9.42. The van der Waals surface area contributed by atoms with Crippen LogP contribution in [-0.4, -0.2) is 18.9 Å². The predicted octanol–water partition coefficient (Wildman–Crippen LogP) is 1.16. The van der Waals surface area contributed by atoms with Gasteiger partial charge in [0.1, 0.15) is 11.7 Å². The number of hydrogen-bond donors (Lipinski definition) is 0. The van der Waals surface area contributed by atoms with Crippen molar-refractivity contribution in [2.75, 3.05) is 7.11 Å². The monoisotopic (exact) mass is 182 g/mol. The second-order valence-electron chi connectivity index (χ2n) is 4.11. The number of Topliss-reactive ketones (excluding diaryl/α,β-unsaturated/α-hetero) is 1. The van der Waals surface area contributed by atoms with Crippen LogP contribution in [0.15, 0.2) is 0 Å². The number of carbonyl (C=O) groups excluding carboxylic acids is 2. The molecule has 2 saturated carbocycles. The van der Waals surface area contributed by atoms with Crippen LogP contribution in [0.1, 0.15) is 25.7 Å². The molecule has 2 aliphatic rings. The maximum absolute atomic E-state index is 11.6. The summed E-state index contributed by atoms with van der Waals surface area (Å²) in [7, 11) is 1.36. The zero-order valence-electron chi connectivity index (χ0n) is 7.79. The Hall–Kier alpha value is -0.860. The third kappa shape index (κ3) is 1.36. The Labute approximate surface area is 77.4 Å². The molecule has 3 atom stereocenters. The third-order valence-corrected chi connectivity index (χ3v) is 3.35. The van der Waals surface area contributed by atoms with E-state index in [1.54, 1.807) is 0 Å². The van der Waals surface area contributed by atoms with Gasteiger partial charge in [0.2, 0.25) is 0 Å². The summed E-state index contributed by atoms with van der Waals surface area (Å²) in [6, 6.07) is 0. The fourth-order valence-electron chi connectivity index (χ4n) is 2.73. The molecule has 0 radical (unpaired) electrons. The fraction of sp³-hybridized carbons (Fsp3) is 0.800. The summed E-state index contributed by atoms with van der Waals surface area (Å²) in [6.07, 6.45) is 3.78. The highest BCUT2D eigenvalue weighted by Gasteiger charge is 2.45. The first-order valence-electron chi connectivity index (χ1n) is 4.83. The van der Waals surface area contributed by atoms with E-state index in [2.05, 4.69) is 4.74 Å². The number of methoxy groups -OCH3 is 1. The van der Waals surface area contributed by atoms with Crippen molar-refractivity contribution < 1.29 is 14.3 Å². The molecule has 0 heterocycles. The summed E-state index contributed by atoms with van der Waals surface area (Å²) in [5.41, 5.74) is 0. The van der Waals surface area contributed by atoms with E-state index in [1.165, 1.54) is 7.11 Å². The van der Waals surface area contributed by atoms with Gasteiger partial charge in [0.05, 0.1) is 7.11 Å². The minimum Gasteiger partial charge on any atom is -0.468 e. The van der Waals surface area contributed by atoms with Gasteiger partial charge in [-0.1, -0.05) is 0 Å². The van der Waals surface area contributed by atoms with Gasteiger partial charge in [0.15, 0.2) is 0 Å². The van der Waals surface area contributed by atoms with Crippen molar-refractivity contribution in [3.8, 4) is 0 Å². The van der Waals surface area contributed by atoms with Gasteiger partial charge in [0, 0.05) is 6.42 Å². The van der Waals surface area contributed by atoms with Crippen LogP contribution >= 0.6 is 0 Å². The largest absolute Gasteiger partial charge is 0.468 e. The van der Waals surface area contributed by atoms with Gasteiger partial charge in [0.25, 0.3) is 0 Å². The van der Waals surface area contributed by atoms with E-state index in [1.807, 2.05) is 0 Å². The summed E-state index contributed by atoms with van der Waals surface area (Å²) in [4.78, 5) is 22.9. The highest BCUT2D eigenvalue weighted by molar-refractivity contribution is 6.00. The average Bonchev–Trinajstić information content (AvgIpc) is 2.48. The Morgan fingerprint density at radius 2 is 2.23 bits per heavy atom. The molecule has 2 aliphatic carbocycles. The molecule has 72 valence electrons. The zero-order valence-corrected chi connectivity index (χ0v) is 7.79. The van der Waals surface area contributed by atoms with Crippen molar-refractivity contribution in [3.63, 3.8) is 0 Å². The van der Waals surface area contributed by atoms with Crippen LogP contribution < -0.4 is 0 Å². The average molecular weight is 182 g/mol. The first-order valence-corrected chi connectivity index (χ1v) is 4.83. The maximum Gasteiger partial charge on any atom is 0.316 e. The van der Waals surface area contributed by atoms with E-state index >= 15 is 0 Å². The molecule has 3 heteroatoms. The van der Waals surface area contributed by atoms with Gasteiger partial charge in [-0.05, 0) is 31.1 Å². The highest BCUT2D eigenvalue weighted by Crippen LogP contribution is 2.43. The van der Waals surface area contributed by atoms with Gasteiger partial charge in [-0.2, -0.15) is 0 Å². The number of carbonyl (C=O) groups is 2. The SMILES string of the molecule is COC(=O)[C@H]1C(=O)C[C@@H]2CC[C@H]1C2. The molecule has 13 heavy (non-hydrogen) atoms. The van der Waals surface area contributed by atoms with E-state index in [9.17, 15) is 9.59 Å². The number of hydrogen-bond acceptors (Lipinski definition) is 3. The van der Waals surface area contributed by atoms with Crippen LogP contribution in [0.25, 0.3) is 0 Å². The van der Waals surface area contributed by atoms with Crippen LogP contribution in [0.4, 0.5) is 0 Å². The van der Waals surface area contributed by atoms with Gasteiger partial charge in [-0.15, -0.1) is 0 Å². The lowest BCUT2D eigenvalue weighted by molar-refractivity contribution is -0.152. The second kappa shape index (κ2) is 3.13. The summed E-state index contributed by atoms with van der Waals surface area (Å²) < 4.78 is 4.65. The standard InChI is InChI=1S/C10H14O3/c1-13-10(12)9-7-3-2-6(4-7)5-8(9)11/h6-7,9H,2-5H2,1H3/t6-,7+,9-/m1/s1. The molecule has 2 rings (SSSR count). The summed E-state index contributed by atoms with van der Waals surface area (Å²) in [5, 5.41) is 0. The Balaban J connectivity index is 2.16. The van der Waals surface area contributed by atoms with E-state index in [4.69, 9.17) is 0 Å². The molecule has 0 aliphatic heterocycles. The van der Waals surface area contributed by atoms with Crippen LogP contribution in [-0.2, 0) is 14.3 Å². The Morgan fingerprint density at radius 1 is 1.46 bits per heavy atom. The van der Waals surface area contributed by atoms with E-state index in [-0.39, 0.29) is 17.7 Å². The van der Waals surface area contributed by atoms with Crippen LogP contribution in [0, 0.1) is 17.8 Å². The van der Waals surface area contributed by atoms with Crippen LogP contribution in [0.2, 0.25) is 0 Å². The van der Waals surface area contributed by atoms with Crippen molar-refractivity contribution in [3.05, 3.63) is 0 Å². The molecule has 0 spiro atoms. The van der Waals surface area contributed by atoms with E-state index < -0.39 is 5.92 Å². The summed E-state index contributed by atoms with van der Waals surface area (Å²) in [6.45, 7) is 0.